The molecule has 0 saturated carbocycles. The van der Waals surface area contributed by atoms with E-state index in [0.29, 0.717) is 45.0 Å². The normalized spacial score (nSPS) is 18.9. The molecule has 37 heavy (non-hydrogen) atoms. The second-order valence-corrected chi connectivity index (χ2v) is 9.70. The van der Waals surface area contributed by atoms with E-state index in [2.05, 4.69) is 14.6 Å². The van der Waals surface area contributed by atoms with Gasteiger partial charge in [0.25, 0.3) is 11.8 Å². The molecule has 3 heterocycles. The molecule has 0 unspecified atom stereocenters. The number of anilines is 1. The number of hydrogen-bond acceptors (Lipinski definition) is 9. The Morgan fingerprint density at radius 3 is 2.57 bits per heavy atom. The highest BCUT2D eigenvalue weighted by molar-refractivity contribution is 7.09. The number of rotatable bonds is 10. The third-order valence-corrected chi connectivity index (χ3v) is 7.30. The first-order chi connectivity index (χ1) is 17.8. The number of aromatic nitrogens is 1. The quantitative estimate of drug-likeness (QED) is 0.404. The number of hydrogen-bond donors (Lipinski definition) is 3. The molecule has 2 aliphatic rings. The summed E-state index contributed by atoms with van der Waals surface area (Å²) in [5.74, 6) is -2.32. The minimum Gasteiger partial charge on any atom is -0.395 e. The topological polar surface area (TPSA) is 153 Å². The van der Waals surface area contributed by atoms with Crippen molar-refractivity contribution in [3.63, 3.8) is 0 Å². The Kier molecular flexibility index (Phi) is 9.03. The number of nitrogens with two attached hydrogens (primary N) is 2. The Labute approximate surface area is 218 Å². The number of carbonyl (C=O) groups is 3. The molecule has 4 rings (SSSR count). The van der Waals surface area contributed by atoms with Gasteiger partial charge in [-0.3, -0.25) is 19.3 Å². The molecule has 1 aromatic carbocycles. The smallest absolute Gasteiger partial charge is 0.270 e. The third kappa shape index (κ3) is 6.60. The van der Waals surface area contributed by atoms with Crippen molar-refractivity contribution < 1.29 is 28.2 Å². The van der Waals surface area contributed by atoms with E-state index in [1.54, 1.807) is 0 Å². The van der Waals surface area contributed by atoms with E-state index in [1.165, 1.54) is 29.2 Å². The molecule has 200 valence electrons. The summed E-state index contributed by atoms with van der Waals surface area (Å²) in [6.07, 6.45) is 1.64. The number of benzene rings is 1. The molecular weight excluding hydrogens is 503 g/mol. The van der Waals surface area contributed by atoms with Gasteiger partial charge in [-0.15, -0.1) is 0 Å². The Bertz CT molecular complexity index is 1100. The Hall–Kier alpha value is -3.13. The molecule has 2 fully saturated rings. The lowest BCUT2D eigenvalue weighted by Gasteiger charge is -2.34. The van der Waals surface area contributed by atoms with E-state index in [-0.39, 0.29) is 35.5 Å². The summed E-state index contributed by atoms with van der Waals surface area (Å²) in [4.78, 5) is 42.7. The predicted molar refractivity (Wildman–Crippen MR) is 134 cm³/mol. The van der Waals surface area contributed by atoms with Gasteiger partial charge in [0, 0.05) is 39.3 Å². The van der Waals surface area contributed by atoms with E-state index < -0.39 is 29.6 Å². The van der Waals surface area contributed by atoms with E-state index in [9.17, 15) is 18.8 Å². The van der Waals surface area contributed by atoms with Crippen molar-refractivity contribution in [1.29, 1.82) is 0 Å². The van der Waals surface area contributed by atoms with Gasteiger partial charge in [-0.05, 0) is 42.1 Å². The fourth-order valence-electron chi connectivity index (χ4n) is 4.42. The first-order valence-electron chi connectivity index (χ1n) is 12.2. The molecule has 13 heteroatoms. The molecule has 0 bridgehead atoms. The molecule has 3 amide bonds. The number of primary amides is 1. The van der Waals surface area contributed by atoms with E-state index >= 15 is 0 Å². The highest BCUT2D eigenvalue weighted by atomic mass is 32.1. The van der Waals surface area contributed by atoms with Crippen LogP contribution in [0.15, 0.2) is 24.3 Å². The summed E-state index contributed by atoms with van der Waals surface area (Å²) in [6, 6.07) is 4.35. The first kappa shape index (κ1) is 26.9. The van der Waals surface area contributed by atoms with E-state index in [4.69, 9.17) is 20.9 Å². The number of ether oxygens (including phenoxy) is 2. The molecule has 2 saturated heterocycles. The van der Waals surface area contributed by atoms with Crippen molar-refractivity contribution in [2.75, 3.05) is 58.3 Å². The third-order valence-electron chi connectivity index (χ3n) is 6.45. The van der Waals surface area contributed by atoms with Gasteiger partial charge < -0.3 is 31.2 Å². The Morgan fingerprint density at radius 1 is 1.22 bits per heavy atom. The van der Waals surface area contributed by atoms with Gasteiger partial charge in [-0.1, -0.05) is 12.1 Å². The minimum atomic E-state index is -1.09. The van der Waals surface area contributed by atoms with Crippen molar-refractivity contribution in [3.05, 3.63) is 46.2 Å². The van der Waals surface area contributed by atoms with Gasteiger partial charge in [0.05, 0.1) is 25.0 Å². The predicted octanol–water partition coefficient (Wildman–Crippen LogP) is 0.774. The molecule has 5 N–H and O–H groups in total. The van der Waals surface area contributed by atoms with Gasteiger partial charge in [0.1, 0.15) is 16.7 Å². The zero-order valence-electron chi connectivity index (χ0n) is 20.4. The van der Waals surface area contributed by atoms with Crippen molar-refractivity contribution in [3.8, 4) is 0 Å². The maximum absolute atomic E-state index is 13.9. The number of carbonyl (C=O) groups excluding carboxylic acids is 3. The van der Waals surface area contributed by atoms with Gasteiger partial charge in [0.15, 0.2) is 5.69 Å². The lowest BCUT2D eigenvalue weighted by atomic mass is 10.0. The largest absolute Gasteiger partial charge is 0.395 e. The standard InChI is InChI=1S/C24H31FN6O5S/c25-16-5-3-15(4-6-16)20(23(33)28-14-17-2-1-11-36-17)31(8-7-30-9-12-35-13-10-30)24(34)21-18(26)19(22(27)32)29-37-21/h3-6,17,20H,1-2,7-14,26H2,(H2,27,32)(H,28,33)/t17-,20-/m0/s1. The van der Waals surface area contributed by atoms with Crippen LogP contribution in [0.1, 0.15) is 44.6 Å². The van der Waals surface area contributed by atoms with Gasteiger partial charge in [-0.25, -0.2) is 4.39 Å². The summed E-state index contributed by atoms with van der Waals surface area (Å²) < 4.78 is 28.7. The first-order valence-corrected chi connectivity index (χ1v) is 12.9. The van der Waals surface area contributed by atoms with E-state index in [0.717, 1.165) is 24.4 Å². The second-order valence-electron chi connectivity index (χ2n) is 8.93. The molecule has 0 aliphatic carbocycles. The zero-order chi connectivity index (χ0) is 26.4. The Morgan fingerprint density at radius 2 is 1.95 bits per heavy atom. The molecule has 11 nitrogen and oxygen atoms in total. The van der Waals surface area contributed by atoms with Crippen molar-refractivity contribution >= 4 is 34.9 Å². The Balaban J connectivity index is 1.66. The highest BCUT2D eigenvalue weighted by Crippen LogP contribution is 2.29. The summed E-state index contributed by atoms with van der Waals surface area (Å²) in [5.41, 5.74) is 11.5. The minimum absolute atomic E-state index is 0.00909. The molecule has 1 aromatic heterocycles. The average molecular weight is 535 g/mol. The van der Waals surface area contributed by atoms with Gasteiger partial charge in [0.2, 0.25) is 5.91 Å². The number of amides is 3. The summed E-state index contributed by atoms with van der Waals surface area (Å²) in [7, 11) is 0. The van der Waals surface area contributed by atoms with Crippen molar-refractivity contribution in [1.82, 2.24) is 19.5 Å². The zero-order valence-corrected chi connectivity index (χ0v) is 21.2. The summed E-state index contributed by atoms with van der Waals surface area (Å²) in [6.45, 7) is 4.06. The maximum atomic E-state index is 13.9. The number of nitrogens with one attached hydrogen (secondary N) is 1. The number of nitrogen functional groups attached to an aromatic ring is 1. The van der Waals surface area contributed by atoms with Crippen LogP contribution in [0.5, 0.6) is 0 Å². The van der Waals surface area contributed by atoms with Crippen LogP contribution >= 0.6 is 11.5 Å². The lowest BCUT2D eigenvalue weighted by molar-refractivity contribution is -0.126. The molecule has 2 atom stereocenters. The molecule has 2 aliphatic heterocycles. The lowest BCUT2D eigenvalue weighted by Crippen LogP contribution is -2.49. The average Bonchev–Trinajstić information content (AvgIpc) is 3.56. The van der Waals surface area contributed by atoms with Crippen LogP contribution in [0.25, 0.3) is 0 Å². The van der Waals surface area contributed by atoms with Crippen LogP contribution in [0, 0.1) is 5.82 Å². The molecule has 2 aromatic rings. The molecule has 0 spiro atoms. The van der Waals surface area contributed by atoms with Crippen molar-refractivity contribution in [2.24, 2.45) is 5.73 Å². The second kappa shape index (κ2) is 12.4. The summed E-state index contributed by atoms with van der Waals surface area (Å²) >= 11 is 0.751. The number of nitrogens with zero attached hydrogens (tertiary/aromatic N) is 3. The SMILES string of the molecule is NC(=O)c1nsc(C(=O)N(CCN2CCOCC2)[C@H](C(=O)NC[C@@H]2CCCO2)c2ccc(F)cc2)c1N. The van der Waals surface area contributed by atoms with Crippen LogP contribution in [0.4, 0.5) is 10.1 Å². The van der Waals surface area contributed by atoms with Crippen LogP contribution in [0.3, 0.4) is 0 Å². The van der Waals surface area contributed by atoms with Crippen LogP contribution < -0.4 is 16.8 Å². The number of halogens is 1. The molecule has 0 radical (unpaired) electrons. The summed E-state index contributed by atoms with van der Waals surface area (Å²) in [5, 5.41) is 2.90. The van der Waals surface area contributed by atoms with Crippen LogP contribution in [-0.4, -0.2) is 90.5 Å². The van der Waals surface area contributed by atoms with Crippen molar-refractivity contribution in [2.45, 2.75) is 25.0 Å². The fraction of sp³-hybridized carbons (Fsp3) is 0.500. The monoisotopic (exact) mass is 534 g/mol. The molecular formula is C24H31FN6O5S. The van der Waals surface area contributed by atoms with Crippen LogP contribution in [-0.2, 0) is 14.3 Å². The van der Waals surface area contributed by atoms with Gasteiger partial charge in [-0.2, -0.15) is 4.37 Å². The van der Waals surface area contributed by atoms with E-state index in [1.807, 2.05) is 0 Å². The highest BCUT2D eigenvalue weighted by Gasteiger charge is 2.35. The van der Waals surface area contributed by atoms with Crippen LogP contribution in [0.2, 0.25) is 0 Å². The maximum Gasteiger partial charge on any atom is 0.270 e. The number of morpholine rings is 1. The fourth-order valence-corrected chi connectivity index (χ4v) is 5.18. The van der Waals surface area contributed by atoms with Gasteiger partial charge >= 0.3 is 0 Å².